The van der Waals surface area contributed by atoms with Crippen LogP contribution in [-0.4, -0.2) is 32.3 Å². The summed E-state index contributed by atoms with van der Waals surface area (Å²) in [7, 11) is 0. The van der Waals surface area contributed by atoms with Crippen LogP contribution in [0.2, 0.25) is 0 Å². The maximum absolute atomic E-state index is 12.6. The summed E-state index contributed by atoms with van der Waals surface area (Å²) in [4.78, 5) is 14.4. The summed E-state index contributed by atoms with van der Waals surface area (Å²) in [6.07, 6.45) is 2.81. The molecule has 0 saturated carbocycles. The lowest BCUT2D eigenvalue weighted by Gasteiger charge is -2.29. The van der Waals surface area contributed by atoms with Gasteiger partial charge in [0, 0.05) is 18.8 Å². The zero-order valence-corrected chi connectivity index (χ0v) is 14.2. The molecule has 2 aromatic rings. The minimum atomic E-state index is -0.0234. The van der Waals surface area contributed by atoms with E-state index in [0.29, 0.717) is 19.8 Å². The second-order valence-corrected chi connectivity index (χ2v) is 6.34. The van der Waals surface area contributed by atoms with E-state index >= 15 is 0 Å². The first-order valence-corrected chi connectivity index (χ1v) is 8.83. The maximum atomic E-state index is 12.6. The number of fused-ring (bicyclic) bond motifs is 2. The number of benzene rings is 2. The average Bonchev–Trinajstić information content (AvgIpc) is 2.67. The molecule has 0 aromatic heterocycles. The second kappa shape index (κ2) is 7.05. The van der Waals surface area contributed by atoms with E-state index in [1.165, 1.54) is 5.56 Å². The van der Waals surface area contributed by atoms with Gasteiger partial charge in [-0.3, -0.25) is 4.90 Å². The molecule has 2 heterocycles. The monoisotopic (exact) mass is 338 g/mol. The van der Waals surface area contributed by atoms with Gasteiger partial charge >= 0.3 is 6.03 Å². The number of nitrogens with one attached hydrogen (secondary N) is 1. The van der Waals surface area contributed by atoms with Gasteiger partial charge in [0.2, 0.25) is 0 Å². The van der Waals surface area contributed by atoms with E-state index in [2.05, 4.69) is 11.4 Å². The van der Waals surface area contributed by atoms with E-state index in [1.54, 1.807) is 0 Å². The Morgan fingerprint density at radius 3 is 2.84 bits per heavy atom. The summed E-state index contributed by atoms with van der Waals surface area (Å²) < 4.78 is 11.1. The Morgan fingerprint density at radius 1 is 1.08 bits per heavy atom. The molecule has 2 aromatic carbocycles. The summed E-state index contributed by atoms with van der Waals surface area (Å²) >= 11 is 0. The number of aryl methyl sites for hydroxylation is 1. The van der Waals surface area contributed by atoms with Crippen LogP contribution in [0.4, 0.5) is 10.5 Å². The molecular formula is C20H22N2O3. The summed E-state index contributed by atoms with van der Waals surface area (Å²) in [5, 5.41) is 3.04. The molecule has 0 spiro atoms. The molecule has 2 aliphatic rings. The Hall–Kier alpha value is -2.69. The first-order chi connectivity index (χ1) is 12.3. The lowest BCUT2D eigenvalue weighted by atomic mass is 10.0. The summed E-state index contributed by atoms with van der Waals surface area (Å²) in [6.45, 7) is 2.55. The Bertz CT molecular complexity index is 775. The molecule has 0 atom stereocenters. The maximum Gasteiger partial charge on any atom is 0.321 e. The molecule has 0 bridgehead atoms. The number of anilines is 1. The number of rotatable bonds is 3. The molecule has 25 heavy (non-hydrogen) atoms. The number of hydrogen-bond donors (Lipinski definition) is 1. The smallest absolute Gasteiger partial charge is 0.321 e. The van der Waals surface area contributed by atoms with Crippen molar-refractivity contribution >= 4 is 11.7 Å². The molecular weight excluding hydrogens is 316 g/mol. The third-order valence-corrected chi connectivity index (χ3v) is 4.65. The summed E-state index contributed by atoms with van der Waals surface area (Å²) in [5.74, 6) is 1.59. The minimum Gasteiger partial charge on any atom is -0.486 e. The predicted molar refractivity (Wildman–Crippen MR) is 96.6 cm³/mol. The molecule has 0 fully saturated rings. The fourth-order valence-electron chi connectivity index (χ4n) is 3.40. The molecule has 5 nitrogen and oxygen atoms in total. The summed E-state index contributed by atoms with van der Waals surface area (Å²) in [6, 6.07) is 14.1. The molecule has 0 radical (unpaired) electrons. The third-order valence-electron chi connectivity index (χ3n) is 4.65. The molecule has 2 amide bonds. The van der Waals surface area contributed by atoms with Gasteiger partial charge < -0.3 is 14.8 Å². The minimum absolute atomic E-state index is 0.0234. The van der Waals surface area contributed by atoms with Crippen LogP contribution < -0.4 is 19.7 Å². The number of hydrogen-bond acceptors (Lipinski definition) is 3. The predicted octanol–water partition coefficient (Wildman–Crippen LogP) is 3.16. The lowest BCUT2D eigenvalue weighted by Crippen LogP contribution is -2.43. The highest BCUT2D eigenvalue weighted by Gasteiger charge is 2.21. The van der Waals surface area contributed by atoms with Crippen LogP contribution >= 0.6 is 0 Å². The highest BCUT2D eigenvalue weighted by atomic mass is 16.6. The molecule has 5 heteroatoms. The van der Waals surface area contributed by atoms with Gasteiger partial charge in [0.1, 0.15) is 13.2 Å². The number of ether oxygens (including phenoxy) is 2. The number of urea groups is 1. The number of carbonyl (C=O) groups excluding carboxylic acids is 1. The van der Waals surface area contributed by atoms with Crippen molar-refractivity contribution in [2.45, 2.75) is 19.3 Å². The van der Waals surface area contributed by atoms with Crippen LogP contribution in [0.1, 0.15) is 17.5 Å². The van der Waals surface area contributed by atoms with Gasteiger partial charge in [-0.15, -0.1) is 0 Å². The van der Waals surface area contributed by atoms with Crippen molar-refractivity contribution in [3.63, 3.8) is 0 Å². The van der Waals surface area contributed by atoms with Crippen LogP contribution in [-0.2, 0) is 12.8 Å². The van der Waals surface area contributed by atoms with Gasteiger partial charge in [0.25, 0.3) is 0 Å². The van der Waals surface area contributed by atoms with Gasteiger partial charge in [0.15, 0.2) is 11.5 Å². The van der Waals surface area contributed by atoms with Crippen LogP contribution in [0.25, 0.3) is 0 Å². The quantitative estimate of drug-likeness (QED) is 0.935. The lowest BCUT2D eigenvalue weighted by molar-refractivity contribution is 0.171. The van der Waals surface area contributed by atoms with E-state index in [4.69, 9.17) is 9.47 Å². The average molecular weight is 338 g/mol. The van der Waals surface area contributed by atoms with E-state index in [9.17, 15) is 4.79 Å². The van der Waals surface area contributed by atoms with Crippen LogP contribution in [0.5, 0.6) is 11.5 Å². The Kier molecular flexibility index (Phi) is 4.46. The van der Waals surface area contributed by atoms with Crippen molar-refractivity contribution < 1.29 is 14.3 Å². The van der Waals surface area contributed by atoms with E-state index < -0.39 is 0 Å². The molecule has 0 saturated heterocycles. The van der Waals surface area contributed by atoms with Gasteiger partial charge in [-0.2, -0.15) is 0 Å². The third kappa shape index (κ3) is 3.40. The fraction of sp³-hybridized carbons (Fsp3) is 0.350. The molecule has 4 rings (SSSR count). The summed E-state index contributed by atoms with van der Waals surface area (Å²) in [5.41, 5.74) is 3.41. The van der Waals surface area contributed by atoms with Crippen LogP contribution in [0, 0.1) is 0 Å². The SMILES string of the molecule is O=C(NCCc1ccc2c(c1)OCCO2)N1CCCc2ccccc21. The first kappa shape index (κ1) is 15.8. The standard InChI is InChI=1S/C20H22N2O3/c23-20(22-11-3-5-16-4-1-2-6-17(16)22)21-10-9-15-7-8-18-19(14-15)25-13-12-24-18/h1-2,4,6-8,14H,3,5,9-13H2,(H,21,23). The number of nitrogens with zero attached hydrogens (tertiary/aromatic N) is 1. The van der Waals surface area contributed by atoms with Crippen molar-refractivity contribution in [2.75, 3.05) is 31.2 Å². The number of amides is 2. The number of carbonyl (C=O) groups is 1. The van der Waals surface area contributed by atoms with Gasteiger partial charge in [0.05, 0.1) is 0 Å². The van der Waals surface area contributed by atoms with Gasteiger partial charge in [-0.05, 0) is 48.6 Å². The highest BCUT2D eigenvalue weighted by molar-refractivity contribution is 5.93. The van der Waals surface area contributed by atoms with Crippen molar-refractivity contribution in [2.24, 2.45) is 0 Å². The first-order valence-electron chi connectivity index (χ1n) is 8.83. The fourth-order valence-corrected chi connectivity index (χ4v) is 3.40. The van der Waals surface area contributed by atoms with E-state index in [1.807, 2.05) is 41.3 Å². The van der Waals surface area contributed by atoms with Crippen molar-refractivity contribution in [3.05, 3.63) is 53.6 Å². The zero-order valence-electron chi connectivity index (χ0n) is 14.2. The van der Waals surface area contributed by atoms with Crippen molar-refractivity contribution in [1.29, 1.82) is 0 Å². The van der Waals surface area contributed by atoms with E-state index in [0.717, 1.165) is 48.6 Å². The largest absolute Gasteiger partial charge is 0.486 e. The topological polar surface area (TPSA) is 50.8 Å². The van der Waals surface area contributed by atoms with Gasteiger partial charge in [-0.25, -0.2) is 4.79 Å². The molecule has 2 aliphatic heterocycles. The highest BCUT2D eigenvalue weighted by Crippen LogP contribution is 2.31. The Labute approximate surface area is 147 Å². The van der Waals surface area contributed by atoms with Crippen molar-refractivity contribution in [1.82, 2.24) is 5.32 Å². The van der Waals surface area contributed by atoms with Crippen LogP contribution in [0.3, 0.4) is 0 Å². The normalized spacial score (nSPS) is 15.4. The molecule has 0 aliphatic carbocycles. The second-order valence-electron chi connectivity index (χ2n) is 6.34. The molecule has 130 valence electrons. The van der Waals surface area contributed by atoms with Crippen LogP contribution in [0.15, 0.2) is 42.5 Å². The zero-order chi connectivity index (χ0) is 17.1. The molecule has 1 N–H and O–H groups in total. The van der Waals surface area contributed by atoms with Gasteiger partial charge in [-0.1, -0.05) is 24.3 Å². The Balaban J connectivity index is 1.35. The number of para-hydroxylation sites is 1. The van der Waals surface area contributed by atoms with Crippen molar-refractivity contribution in [3.8, 4) is 11.5 Å². The van der Waals surface area contributed by atoms with E-state index in [-0.39, 0.29) is 6.03 Å². The molecule has 0 unspecified atom stereocenters. The Morgan fingerprint density at radius 2 is 1.92 bits per heavy atom.